The first-order chi connectivity index (χ1) is 20.5. The second-order valence-electron chi connectivity index (χ2n) is 9.68. The molecule has 43 heavy (non-hydrogen) atoms. The predicted octanol–water partition coefficient (Wildman–Crippen LogP) is 5.70. The highest BCUT2D eigenvalue weighted by Gasteiger charge is 2.56. The summed E-state index contributed by atoms with van der Waals surface area (Å²) in [4.78, 5) is 65.4. The number of thioether (sulfide) groups is 1. The molecule has 0 bridgehead atoms. The average Bonchev–Trinajstić information content (AvgIpc) is 3.41. The molecule has 6 rings (SSSR count). The SMILES string of the molecule is O=C(Cn1c2c(sc1=O)[C@H](c1ccc(F)cc1)C1C(=O)N(c3ccc([N+](=O)[O-])cc3)C(=O)C1S2)Nc1ccc(Cl)c(Cl)c1. The fourth-order valence-corrected chi connectivity index (χ4v) is 8.25. The van der Waals surface area contributed by atoms with Crippen molar-refractivity contribution in [1.29, 1.82) is 0 Å². The third kappa shape index (κ3) is 5.22. The second-order valence-corrected chi connectivity index (χ2v) is 12.6. The van der Waals surface area contributed by atoms with Crippen LogP contribution in [0, 0.1) is 21.8 Å². The number of fused-ring (bicyclic) bond motifs is 2. The predicted molar refractivity (Wildman–Crippen MR) is 161 cm³/mol. The number of hydrogen-bond acceptors (Lipinski definition) is 8. The van der Waals surface area contributed by atoms with E-state index in [4.69, 9.17) is 23.2 Å². The average molecular weight is 660 g/mol. The molecule has 1 fully saturated rings. The molecule has 2 unspecified atom stereocenters. The van der Waals surface area contributed by atoms with Gasteiger partial charge in [-0.3, -0.25) is 33.9 Å². The van der Waals surface area contributed by atoms with Crippen LogP contribution in [0.4, 0.5) is 21.5 Å². The number of imide groups is 1. The zero-order valence-electron chi connectivity index (χ0n) is 21.5. The molecule has 15 heteroatoms. The summed E-state index contributed by atoms with van der Waals surface area (Å²) in [5.74, 6) is -3.92. The maximum absolute atomic E-state index is 13.9. The molecule has 2 aliphatic heterocycles. The minimum atomic E-state index is -0.983. The lowest BCUT2D eigenvalue weighted by molar-refractivity contribution is -0.384. The highest BCUT2D eigenvalue weighted by Crippen LogP contribution is 2.54. The Morgan fingerprint density at radius 2 is 1.67 bits per heavy atom. The zero-order valence-corrected chi connectivity index (χ0v) is 24.7. The Morgan fingerprint density at radius 3 is 2.33 bits per heavy atom. The van der Waals surface area contributed by atoms with E-state index in [-0.39, 0.29) is 22.9 Å². The molecule has 1 saturated heterocycles. The number of carbonyl (C=O) groups excluding carboxylic acids is 3. The molecule has 3 atom stereocenters. The molecule has 218 valence electrons. The van der Waals surface area contributed by atoms with Crippen LogP contribution in [-0.4, -0.2) is 32.5 Å². The number of aromatic nitrogens is 1. The molecular weight excluding hydrogens is 642 g/mol. The Balaban J connectivity index is 1.39. The van der Waals surface area contributed by atoms with Crippen LogP contribution in [0.2, 0.25) is 10.0 Å². The van der Waals surface area contributed by atoms with Crippen LogP contribution in [0.1, 0.15) is 16.4 Å². The first-order valence-corrected chi connectivity index (χ1v) is 15.0. The van der Waals surface area contributed by atoms with Crippen LogP contribution in [0.25, 0.3) is 0 Å². The van der Waals surface area contributed by atoms with Crippen molar-refractivity contribution in [3.8, 4) is 0 Å². The quantitative estimate of drug-likeness (QED) is 0.160. The number of rotatable bonds is 6. The van der Waals surface area contributed by atoms with Gasteiger partial charge in [0.2, 0.25) is 17.7 Å². The van der Waals surface area contributed by atoms with Gasteiger partial charge in [0.05, 0.1) is 31.6 Å². The van der Waals surface area contributed by atoms with Crippen molar-refractivity contribution in [2.75, 3.05) is 10.2 Å². The first kappa shape index (κ1) is 29.1. The third-order valence-electron chi connectivity index (χ3n) is 7.10. The highest BCUT2D eigenvalue weighted by atomic mass is 35.5. The maximum Gasteiger partial charge on any atom is 0.308 e. The van der Waals surface area contributed by atoms with Crippen molar-refractivity contribution >= 4 is 81.1 Å². The number of non-ortho nitro benzene ring substituents is 1. The molecule has 0 radical (unpaired) electrons. The minimum absolute atomic E-state index is 0.162. The van der Waals surface area contributed by atoms with E-state index >= 15 is 0 Å². The van der Waals surface area contributed by atoms with Crippen LogP contribution in [0.3, 0.4) is 0 Å². The van der Waals surface area contributed by atoms with Gasteiger partial charge in [-0.2, -0.15) is 0 Å². The number of nitro benzene ring substituents is 1. The molecule has 4 aromatic rings. The van der Waals surface area contributed by atoms with E-state index in [0.717, 1.165) is 28.0 Å². The smallest absolute Gasteiger partial charge is 0.308 e. The summed E-state index contributed by atoms with van der Waals surface area (Å²) in [6.45, 7) is -0.389. The standard InChI is InChI=1S/C28H17Cl2FN4O6S2/c29-18-10-5-15(11-19(18)30)32-20(36)12-33-27-24(43-28(33)39)21(13-1-3-14(31)4-2-13)22-23(42-27)26(38)34(25(22)37)16-6-8-17(9-7-16)35(40)41/h1-11,21-23H,12H2,(H,32,36)/t21-,22?,23?/m1/s1. The molecule has 3 heterocycles. The van der Waals surface area contributed by atoms with Crippen LogP contribution < -0.4 is 15.1 Å². The van der Waals surface area contributed by atoms with E-state index in [9.17, 15) is 33.7 Å². The van der Waals surface area contributed by atoms with Crippen LogP contribution in [-0.2, 0) is 20.9 Å². The Hall–Kier alpha value is -4.04. The van der Waals surface area contributed by atoms with Gasteiger partial charge in [-0.05, 0) is 48.0 Å². The summed E-state index contributed by atoms with van der Waals surface area (Å²) >= 11 is 13.8. The number of nitro groups is 1. The molecular formula is C28H17Cl2FN4O6S2. The summed E-state index contributed by atoms with van der Waals surface area (Å²) in [6.07, 6.45) is 0. The number of halogens is 3. The van der Waals surface area contributed by atoms with Gasteiger partial charge in [0, 0.05) is 28.6 Å². The highest BCUT2D eigenvalue weighted by molar-refractivity contribution is 8.00. The van der Waals surface area contributed by atoms with Gasteiger partial charge in [0.15, 0.2) is 0 Å². The van der Waals surface area contributed by atoms with E-state index in [2.05, 4.69) is 5.32 Å². The fraction of sp³-hybridized carbons (Fsp3) is 0.143. The van der Waals surface area contributed by atoms with E-state index in [1.165, 1.54) is 65.2 Å². The molecule has 0 aliphatic carbocycles. The summed E-state index contributed by atoms with van der Waals surface area (Å²) in [6, 6.07) is 15.0. The van der Waals surface area contributed by atoms with Gasteiger partial charge in [-0.15, -0.1) is 0 Å². The summed E-state index contributed by atoms with van der Waals surface area (Å²) in [5, 5.41) is 13.7. The third-order valence-corrected chi connectivity index (χ3v) is 10.4. The van der Waals surface area contributed by atoms with Crippen molar-refractivity contribution in [1.82, 2.24) is 4.57 Å². The number of anilines is 2. The van der Waals surface area contributed by atoms with Gasteiger partial charge in [0.1, 0.15) is 17.6 Å². The number of amides is 3. The normalized spacial score (nSPS) is 19.2. The molecule has 1 N–H and O–H groups in total. The molecule has 1 aromatic heterocycles. The lowest BCUT2D eigenvalue weighted by Gasteiger charge is -2.30. The molecule has 0 spiro atoms. The minimum Gasteiger partial charge on any atom is -0.324 e. The number of nitrogens with one attached hydrogen (secondary N) is 1. The van der Waals surface area contributed by atoms with Gasteiger partial charge in [-0.25, -0.2) is 9.29 Å². The first-order valence-electron chi connectivity index (χ1n) is 12.6. The van der Waals surface area contributed by atoms with E-state index in [1.807, 2.05) is 0 Å². The molecule has 10 nitrogen and oxygen atoms in total. The Labute approximate surface area is 260 Å². The number of thiazole rings is 1. The fourth-order valence-electron chi connectivity index (χ4n) is 5.18. The Morgan fingerprint density at radius 1 is 0.977 bits per heavy atom. The molecule has 3 aromatic carbocycles. The van der Waals surface area contributed by atoms with Crippen LogP contribution in [0.5, 0.6) is 0 Å². The summed E-state index contributed by atoms with van der Waals surface area (Å²) < 4.78 is 15.1. The lowest BCUT2D eigenvalue weighted by Crippen LogP contribution is -2.33. The molecule has 0 saturated carbocycles. The van der Waals surface area contributed by atoms with Crippen LogP contribution in [0.15, 0.2) is 76.6 Å². The lowest BCUT2D eigenvalue weighted by atomic mass is 9.83. The largest absolute Gasteiger partial charge is 0.324 e. The van der Waals surface area contributed by atoms with Gasteiger partial charge < -0.3 is 5.32 Å². The topological polar surface area (TPSA) is 132 Å². The van der Waals surface area contributed by atoms with Crippen molar-refractivity contribution < 1.29 is 23.7 Å². The Bertz CT molecular complexity index is 1880. The summed E-state index contributed by atoms with van der Waals surface area (Å²) in [7, 11) is 0. The van der Waals surface area contributed by atoms with Crippen molar-refractivity contribution in [3.63, 3.8) is 0 Å². The van der Waals surface area contributed by atoms with Crippen molar-refractivity contribution in [3.05, 3.63) is 113 Å². The van der Waals surface area contributed by atoms with Crippen molar-refractivity contribution in [2.24, 2.45) is 5.92 Å². The molecule has 3 amide bonds. The monoisotopic (exact) mass is 658 g/mol. The van der Waals surface area contributed by atoms with Crippen LogP contribution >= 0.6 is 46.3 Å². The second kappa shape index (κ2) is 11.2. The number of nitrogens with zero attached hydrogens (tertiary/aromatic N) is 3. The van der Waals surface area contributed by atoms with E-state index in [1.54, 1.807) is 6.07 Å². The van der Waals surface area contributed by atoms with Crippen molar-refractivity contribution in [2.45, 2.75) is 22.7 Å². The number of benzene rings is 3. The zero-order chi connectivity index (χ0) is 30.6. The van der Waals surface area contributed by atoms with E-state index in [0.29, 0.717) is 26.2 Å². The number of carbonyl (C=O) groups is 3. The van der Waals surface area contributed by atoms with Gasteiger partial charge >= 0.3 is 4.87 Å². The van der Waals surface area contributed by atoms with E-state index < -0.39 is 50.4 Å². The number of hydrogen-bond donors (Lipinski definition) is 1. The van der Waals surface area contributed by atoms with Gasteiger partial charge in [-0.1, -0.05) is 58.4 Å². The van der Waals surface area contributed by atoms with Gasteiger partial charge in [0.25, 0.3) is 5.69 Å². The Kier molecular flexibility index (Phi) is 7.59. The molecule has 2 aliphatic rings. The maximum atomic E-state index is 13.9. The summed E-state index contributed by atoms with van der Waals surface area (Å²) in [5.41, 5.74) is 0.835.